The van der Waals surface area contributed by atoms with Crippen LogP contribution in [0.1, 0.15) is 44.6 Å². The number of hydrogen-bond donors (Lipinski definition) is 1. The summed E-state index contributed by atoms with van der Waals surface area (Å²) in [7, 11) is -3.81. The molecule has 0 aliphatic heterocycles. The van der Waals surface area contributed by atoms with Crippen molar-refractivity contribution in [2.45, 2.75) is 57.7 Å². The molecule has 1 aliphatic carbocycles. The second-order valence-corrected chi connectivity index (χ2v) is 12.8. The number of sulfonamides is 1. The van der Waals surface area contributed by atoms with Crippen LogP contribution in [0.2, 0.25) is 0 Å². The molecule has 1 fully saturated rings. The Balaban J connectivity index is 1.64. The largest absolute Gasteiger partial charge is 0.352 e. The monoisotopic (exact) mass is 599 g/mol. The lowest BCUT2D eigenvalue weighted by Crippen LogP contribution is -2.53. The van der Waals surface area contributed by atoms with Crippen LogP contribution in [0, 0.1) is 0 Å². The number of halogens is 1. The molecule has 1 aliphatic rings. The van der Waals surface area contributed by atoms with Crippen molar-refractivity contribution < 1.29 is 18.0 Å². The highest BCUT2D eigenvalue weighted by atomic mass is 79.9. The van der Waals surface area contributed by atoms with Gasteiger partial charge in [0.15, 0.2) is 0 Å². The lowest BCUT2D eigenvalue weighted by Gasteiger charge is -2.33. The molecule has 38 heavy (non-hydrogen) atoms. The van der Waals surface area contributed by atoms with Crippen LogP contribution >= 0.6 is 15.9 Å². The van der Waals surface area contributed by atoms with Gasteiger partial charge < -0.3 is 10.2 Å². The molecule has 1 N–H and O–H groups in total. The number of nitrogens with zero attached hydrogens (tertiary/aromatic N) is 2. The Morgan fingerprint density at radius 1 is 1.00 bits per heavy atom. The lowest BCUT2D eigenvalue weighted by atomic mass is 9.95. The number of nitrogens with one attached hydrogen (secondary N) is 1. The van der Waals surface area contributed by atoms with E-state index < -0.39 is 28.5 Å². The number of benzene rings is 3. The Morgan fingerprint density at radius 2 is 1.68 bits per heavy atom. The highest BCUT2D eigenvalue weighted by molar-refractivity contribution is 9.10. The summed E-state index contributed by atoms with van der Waals surface area (Å²) in [6.45, 7) is 1.46. The fourth-order valence-corrected chi connectivity index (χ4v) is 6.31. The third-order valence-corrected chi connectivity index (χ3v) is 8.70. The zero-order valence-corrected chi connectivity index (χ0v) is 24.2. The minimum Gasteiger partial charge on any atom is -0.352 e. The molecule has 0 unspecified atom stereocenters. The van der Waals surface area contributed by atoms with Crippen molar-refractivity contribution >= 4 is 54.2 Å². The first-order valence-electron chi connectivity index (χ1n) is 12.9. The van der Waals surface area contributed by atoms with Crippen LogP contribution in [-0.2, 0) is 26.2 Å². The molecule has 3 aromatic rings. The van der Waals surface area contributed by atoms with Crippen LogP contribution in [0.5, 0.6) is 0 Å². The summed E-state index contributed by atoms with van der Waals surface area (Å²) in [5.74, 6) is -0.675. The van der Waals surface area contributed by atoms with Crippen LogP contribution in [0.25, 0.3) is 10.8 Å². The van der Waals surface area contributed by atoms with E-state index in [1.165, 1.54) is 11.3 Å². The zero-order valence-electron chi connectivity index (χ0n) is 21.8. The molecule has 0 bridgehead atoms. The van der Waals surface area contributed by atoms with E-state index in [2.05, 4.69) is 21.2 Å². The van der Waals surface area contributed by atoms with Crippen molar-refractivity contribution in [3.05, 3.63) is 76.8 Å². The lowest BCUT2D eigenvalue weighted by molar-refractivity contribution is -0.139. The Kier molecular flexibility index (Phi) is 9.10. The van der Waals surface area contributed by atoms with E-state index in [1.54, 1.807) is 19.1 Å². The number of amides is 2. The maximum atomic E-state index is 13.9. The summed E-state index contributed by atoms with van der Waals surface area (Å²) in [6, 6.07) is 19.7. The number of fused-ring (bicyclic) bond motifs is 1. The third kappa shape index (κ3) is 6.94. The molecule has 3 aromatic carbocycles. The molecule has 9 heteroatoms. The van der Waals surface area contributed by atoms with Gasteiger partial charge in [0.25, 0.3) is 0 Å². The van der Waals surface area contributed by atoms with Crippen LogP contribution in [0.4, 0.5) is 5.69 Å². The maximum Gasteiger partial charge on any atom is 0.244 e. The standard InChI is InChI=1S/C29H34BrN3O4S/c1-21(29(35)31-25-14-4-3-5-15-25)32(19-22-10-8-13-24(30)18-22)28(34)20-33(38(2,36)37)27-17-9-12-23-11-6-7-16-26(23)27/h6-13,16-18,21,25H,3-5,14-15,19-20H2,1-2H3,(H,31,35)/t21-/m0/s1. The predicted molar refractivity (Wildman–Crippen MR) is 155 cm³/mol. The number of rotatable bonds is 9. The topological polar surface area (TPSA) is 86.8 Å². The van der Waals surface area contributed by atoms with Gasteiger partial charge in [0.05, 0.1) is 11.9 Å². The van der Waals surface area contributed by atoms with Crippen molar-refractivity contribution in [2.75, 3.05) is 17.1 Å². The van der Waals surface area contributed by atoms with Gasteiger partial charge in [-0.3, -0.25) is 13.9 Å². The predicted octanol–water partition coefficient (Wildman–Crippen LogP) is 5.23. The van der Waals surface area contributed by atoms with Crippen LogP contribution in [0.3, 0.4) is 0 Å². The normalized spacial score (nSPS) is 15.1. The van der Waals surface area contributed by atoms with Gasteiger partial charge in [-0.1, -0.05) is 83.7 Å². The first-order valence-corrected chi connectivity index (χ1v) is 15.6. The van der Waals surface area contributed by atoms with Gasteiger partial charge in [-0.25, -0.2) is 8.42 Å². The fraction of sp³-hybridized carbons (Fsp3) is 0.379. The van der Waals surface area contributed by atoms with E-state index in [9.17, 15) is 18.0 Å². The number of hydrogen-bond acceptors (Lipinski definition) is 4. The summed E-state index contributed by atoms with van der Waals surface area (Å²) < 4.78 is 27.9. The first kappa shape index (κ1) is 28.1. The van der Waals surface area contributed by atoms with Gasteiger partial charge in [0, 0.05) is 22.4 Å². The second-order valence-electron chi connectivity index (χ2n) is 9.94. The molecular formula is C29H34BrN3O4S. The van der Waals surface area contributed by atoms with Gasteiger partial charge in [-0.2, -0.15) is 0 Å². The molecule has 0 heterocycles. The van der Waals surface area contributed by atoms with Crippen molar-refractivity contribution in [1.29, 1.82) is 0 Å². The van der Waals surface area contributed by atoms with Crippen molar-refractivity contribution in [3.8, 4) is 0 Å². The fourth-order valence-electron chi connectivity index (χ4n) is 5.00. The Morgan fingerprint density at radius 3 is 2.39 bits per heavy atom. The number of anilines is 1. The van der Waals surface area contributed by atoms with E-state index in [-0.39, 0.29) is 18.5 Å². The Labute approximate surface area is 233 Å². The van der Waals surface area contributed by atoms with E-state index in [1.807, 2.05) is 54.6 Å². The minimum absolute atomic E-state index is 0.102. The summed E-state index contributed by atoms with van der Waals surface area (Å²) in [4.78, 5) is 28.6. The summed E-state index contributed by atoms with van der Waals surface area (Å²) >= 11 is 3.47. The molecule has 0 spiro atoms. The quantitative estimate of drug-likeness (QED) is 0.364. The number of carbonyl (C=O) groups is 2. The van der Waals surface area contributed by atoms with Gasteiger partial charge in [0.1, 0.15) is 12.6 Å². The van der Waals surface area contributed by atoms with Crippen molar-refractivity contribution in [3.63, 3.8) is 0 Å². The van der Waals surface area contributed by atoms with Crippen LogP contribution in [-0.4, -0.2) is 50.0 Å². The van der Waals surface area contributed by atoms with E-state index in [4.69, 9.17) is 0 Å². The van der Waals surface area contributed by atoms with Crippen molar-refractivity contribution in [2.24, 2.45) is 0 Å². The third-order valence-electron chi connectivity index (χ3n) is 7.08. The second kappa shape index (κ2) is 12.3. The van der Waals surface area contributed by atoms with Gasteiger partial charge in [0.2, 0.25) is 21.8 Å². The smallest absolute Gasteiger partial charge is 0.244 e. The molecule has 7 nitrogen and oxygen atoms in total. The molecule has 4 rings (SSSR count). The van der Waals surface area contributed by atoms with E-state index in [0.29, 0.717) is 5.69 Å². The average molecular weight is 601 g/mol. The van der Waals surface area contributed by atoms with E-state index in [0.717, 1.165) is 57.1 Å². The maximum absolute atomic E-state index is 13.9. The van der Waals surface area contributed by atoms with Gasteiger partial charge in [-0.15, -0.1) is 0 Å². The highest BCUT2D eigenvalue weighted by Crippen LogP contribution is 2.29. The number of carbonyl (C=O) groups excluding carboxylic acids is 2. The Hall–Kier alpha value is -2.91. The van der Waals surface area contributed by atoms with Crippen molar-refractivity contribution in [1.82, 2.24) is 10.2 Å². The van der Waals surface area contributed by atoms with Gasteiger partial charge in [-0.05, 0) is 48.9 Å². The van der Waals surface area contributed by atoms with Crippen LogP contribution < -0.4 is 9.62 Å². The molecule has 2 amide bonds. The molecule has 0 radical (unpaired) electrons. The summed E-state index contributed by atoms with van der Waals surface area (Å²) in [5, 5.41) is 4.72. The van der Waals surface area contributed by atoms with Crippen LogP contribution in [0.15, 0.2) is 71.2 Å². The van der Waals surface area contributed by atoms with Gasteiger partial charge >= 0.3 is 0 Å². The molecule has 0 aromatic heterocycles. The Bertz CT molecular complexity index is 1400. The zero-order chi connectivity index (χ0) is 27.3. The molecule has 202 valence electrons. The van der Waals surface area contributed by atoms with E-state index >= 15 is 0 Å². The summed E-state index contributed by atoms with van der Waals surface area (Å²) in [6.07, 6.45) is 6.29. The first-order chi connectivity index (χ1) is 18.1. The molecule has 0 saturated heterocycles. The average Bonchev–Trinajstić information content (AvgIpc) is 2.89. The minimum atomic E-state index is -3.81. The molecular weight excluding hydrogens is 566 g/mol. The summed E-state index contributed by atoms with van der Waals surface area (Å²) in [5.41, 5.74) is 1.27. The molecule has 1 saturated carbocycles. The SMILES string of the molecule is C[C@@H](C(=O)NC1CCCCC1)N(Cc1cccc(Br)c1)C(=O)CN(c1cccc2ccccc12)S(C)(=O)=O. The highest BCUT2D eigenvalue weighted by Gasteiger charge is 2.31. The molecule has 1 atom stereocenters.